The average molecular weight is 366 g/mol. The molecular weight excluding hydrogens is 347 g/mol. The van der Waals surface area contributed by atoms with Crippen molar-refractivity contribution in [3.8, 4) is 0 Å². The number of piperazine rings is 1. The number of rotatable bonds is 4. The third-order valence-electron chi connectivity index (χ3n) is 4.23. The van der Waals surface area contributed by atoms with Crippen LogP contribution in [0.1, 0.15) is 6.92 Å². The van der Waals surface area contributed by atoms with Gasteiger partial charge in [-0.25, -0.2) is 17.8 Å². The van der Waals surface area contributed by atoms with Crippen molar-refractivity contribution in [3.05, 3.63) is 52.8 Å². The van der Waals surface area contributed by atoms with Crippen molar-refractivity contribution < 1.29 is 12.8 Å². The van der Waals surface area contributed by atoms with E-state index in [4.69, 9.17) is 0 Å². The molecule has 0 atom stereocenters. The second-order valence-corrected chi connectivity index (χ2v) is 7.57. The fraction of sp³-hybridized carbons (Fsp3) is 0.375. The topological polar surface area (TPSA) is 75.5 Å². The van der Waals surface area contributed by atoms with Crippen LogP contribution in [0.4, 0.5) is 10.2 Å². The summed E-state index contributed by atoms with van der Waals surface area (Å²) in [5, 5.41) is 0. The van der Waals surface area contributed by atoms with Gasteiger partial charge in [-0.3, -0.25) is 4.79 Å². The Kier molecular flexibility index (Phi) is 4.87. The predicted molar refractivity (Wildman–Crippen MR) is 91.5 cm³/mol. The maximum atomic E-state index is 13.8. The smallest absolute Gasteiger partial charge is 0.293 e. The lowest BCUT2D eigenvalue weighted by Crippen LogP contribution is -2.50. The zero-order valence-electron chi connectivity index (χ0n) is 13.8. The monoisotopic (exact) mass is 366 g/mol. The van der Waals surface area contributed by atoms with Gasteiger partial charge in [-0.05, 0) is 19.1 Å². The van der Waals surface area contributed by atoms with Crippen molar-refractivity contribution >= 4 is 15.8 Å². The standard InChI is InChI=1S/C16H19FN4O3S/c1-2-19-8-7-18-15(16(19)22)20-9-11-21(12-10-20)25(23,24)14-6-4-3-5-13(14)17/h3-8H,2,9-12H2,1H3. The number of sulfonamides is 1. The SMILES string of the molecule is CCn1ccnc(N2CCN(S(=O)(=O)c3ccccc3F)CC2)c1=O. The molecule has 0 N–H and O–H groups in total. The maximum absolute atomic E-state index is 13.8. The first-order valence-corrected chi connectivity index (χ1v) is 9.44. The molecule has 1 aromatic heterocycles. The number of benzene rings is 1. The Morgan fingerprint density at radius 1 is 1.16 bits per heavy atom. The molecule has 0 spiro atoms. The minimum absolute atomic E-state index is 0.165. The molecule has 134 valence electrons. The van der Waals surface area contributed by atoms with Crippen LogP contribution in [0.25, 0.3) is 0 Å². The summed E-state index contributed by atoms with van der Waals surface area (Å²) in [6.45, 7) is 3.38. The lowest BCUT2D eigenvalue weighted by molar-refractivity contribution is 0.380. The Morgan fingerprint density at radius 3 is 2.48 bits per heavy atom. The largest absolute Gasteiger partial charge is 0.349 e. The van der Waals surface area contributed by atoms with Crippen LogP contribution in [-0.2, 0) is 16.6 Å². The van der Waals surface area contributed by atoms with Crippen LogP contribution in [0.15, 0.2) is 46.3 Å². The number of anilines is 1. The highest BCUT2D eigenvalue weighted by Crippen LogP contribution is 2.21. The molecule has 0 bridgehead atoms. The lowest BCUT2D eigenvalue weighted by Gasteiger charge is -2.34. The van der Waals surface area contributed by atoms with Gasteiger partial charge < -0.3 is 9.47 Å². The van der Waals surface area contributed by atoms with Crippen LogP contribution in [0, 0.1) is 5.82 Å². The summed E-state index contributed by atoms with van der Waals surface area (Å²) in [6, 6.07) is 5.33. The van der Waals surface area contributed by atoms with Gasteiger partial charge in [0.15, 0.2) is 5.82 Å². The van der Waals surface area contributed by atoms with E-state index >= 15 is 0 Å². The first-order valence-electron chi connectivity index (χ1n) is 8.00. The Labute approximate surface area is 145 Å². The summed E-state index contributed by atoms with van der Waals surface area (Å²) in [7, 11) is -3.89. The zero-order valence-corrected chi connectivity index (χ0v) is 14.6. The van der Waals surface area contributed by atoms with Crippen LogP contribution in [0.2, 0.25) is 0 Å². The van der Waals surface area contributed by atoms with Crippen molar-refractivity contribution in [1.29, 1.82) is 0 Å². The predicted octanol–water partition coefficient (Wildman–Crippen LogP) is 0.913. The molecule has 0 unspecified atom stereocenters. The van der Waals surface area contributed by atoms with Gasteiger partial charge >= 0.3 is 0 Å². The molecule has 0 aliphatic carbocycles. The van der Waals surface area contributed by atoms with E-state index in [1.54, 1.807) is 21.9 Å². The van der Waals surface area contributed by atoms with Crippen LogP contribution in [0.5, 0.6) is 0 Å². The van der Waals surface area contributed by atoms with E-state index in [0.29, 0.717) is 25.5 Å². The number of aryl methyl sites for hydroxylation is 1. The van der Waals surface area contributed by atoms with Gasteiger partial charge in [0, 0.05) is 45.1 Å². The molecule has 0 radical (unpaired) electrons. The van der Waals surface area contributed by atoms with Crippen molar-refractivity contribution in [2.45, 2.75) is 18.4 Å². The Balaban J connectivity index is 1.79. The maximum Gasteiger partial charge on any atom is 0.293 e. The van der Waals surface area contributed by atoms with E-state index in [1.165, 1.54) is 22.5 Å². The molecule has 3 rings (SSSR count). The second kappa shape index (κ2) is 6.93. The number of aromatic nitrogens is 2. The summed E-state index contributed by atoms with van der Waals surface area (Å²) in [5.74, 6) is -0.451. The molecule has 2 heterocycles. The molecular formula is C16H19FN4O3S. The Bertz CT molecular complexity index is 921. The summed E-state index contributed by atoms with van der Waals surface area (Å²) in [6.07, 6.45) is 3.17. The van der Waals surface area contributed by atoms with E-state index in [-0.39, 0.29) is 23.5 Å². The molecule has 25 heavy (non-hydrogen) atoms. The Hall–Kier alpha value is -2.26. The van der Waals surface area contributed by atoms with Crippen LogP contribution < -0.4 is 10.5 Å². The third kappa shape index (κ3) is 3.29. The molecule has 1 saturated heterocycles. The molecule has 9 heteroatoms. The van der Waals surface area contributed by atoms with E-state index in [0.717, 1.165) is 6.07 Å². The second-order valence-electron chi connectivity index (χ2n) is 5.66. The molecule has 2 aromatic rings. The summed E-state index contributed by atoms with van der Waals surface area (Å²) < 4.78 is 41.8. The highest BCUT2D eigenvalue weighted by molar-refractivity contribution is 7.89. The summed E-state index contributed by atoms with van der Waals surface area (Å²) >= 11 is 0. The lowest BCUT2D eigenvalue weighted by atomic mass is 10.3. The van der Waals surface area contributed by atoms with Gasteiger partial charge in [0.1, 0.15) is 10.7 Å². The molecule has 0 amide bonds. The van der Waals surface area contributed by atoms with Gasteiger partial charge in [-0.15, -0.1) is 0 Å². The molecule has 1 fully saturated rings. The number of nitrogens with zero attached hydrogens (tertiary/aromatic N) is 4. The van der Waals surface area contributed by atoms with Crippen molar-refractivity contribution in [2.24, 2.45) is 0 Å². The fourth-order valence-corrected chi connectivity index (χ4v) is 4.32. The van der Waals surface area contributed by atoms with E-state index in [2.05, 4.69) is 4.98 Å². The minimum atomic E-state index is -3.89. The van der Waals surface area contributed by atoms with E-state index in [1.807, 2.05) is 6.92 Å². The number of halogens is 1. The normalized spacial score (nSPS) is 16.2. The van der Waals surface area contributed by atoms with Gasteiger partial charge in [0.2, 0.25) is 10.0 Å². The van der Waals surface area contributed by atoms with Crippen LogP contribution in [0.3, 0.4) is 0 Å². The molecule has 0 saturated carbocycles. The summed E-state index contributed by atoms with van der Waals surface area (Å²) in [4.78, 5) is 17.9. The van der Waals surface area contributed by atoms with Crippen LogP contribution in [-0.4, -0.2) is 48.5 Å². The van der Waals surface area contributed by atoms with Gasteiger partial charge in [0.05, 0.1) is 0 Å². The van der Waals surface area contributed by atoms with Crippen molar-refractivity contribution in [1.82, 2.24) is 13.9 Å². The van der Waals surface area contributed by atoms with E-state index < -0.39 is 15.8 Å². The number of hydrogen-bond acceptors (Lipinski definition) is 5. The zero-order chi connectivity index (χ0) is 18.0. The van der Waals surface area contributed by atoms with E-state index in [9.17, 15) is 17.6 Å². The fourth-order valence-electron chi connectivity index (χ4n) is 2.83. The van der Waals surface area contributed by atoms with Crippen molar-refractivity contribution in [3.63, 3.8) is 0 Å². The first-order chi connectivity index (χ1) is 11.9. The van der Waals surface area contributed by atoms with Gasteiger partial charge in [-0.2, -0.15) is 4.31 Å². The minimum Gasteiger partial charge on any atom is -0.349 e. The Morgan fingerprint density at radius 2 is 1.84 bits per heavy atom. The highest BCUT2D eigenvalue weighted by Gasteiger charge is 2.31. The van der Waals surface area contributed by atoms with Gasteiger partial charge in [0.25, 0.3) is 5.56 Å². The number of hydrogen-bond donors (Lipinski definition) is 0. The molecule has 7 nitrogen and oxygen atoms in total. The molecule has 1 aliphatic heterocycles. The highest BCUT2D eigenvalue weighted by atomic mass is 32.2. The third-order valence-corrected chi connectivity index (χ3v) is 6.16. The van der Waals surface area contributed by atoms with Gasteiger partial charge in [-0.1, -0.05) is 12.1 Å². The quantitative estimate of drug-likeness (QED) is 0.804. The summed E-state index contributed by atoms with van der Waals surface area (Å²) in [5.41, 5.74) is -0.199. The average Bonchev–Trinajstić information content (AvgIpc) is 2.62. The molecule has 1 aromatic carbocycles. The molecule has 1 aliphatic rings. The van der Waals surface area contributed by atoms with Crippen molar-refractivity contribution in [2.75, 3.05) is 31.1 Å². The van der Waals surface area contributed by atoms with Crippen LogP contribution >= 0.6 is 0 Å². The first kappa shape index (κ1) is 17.6.